The molecule has 0 aromatic heterocycles. The van der Waals surface area contributed by atoms with Crippen LogP contribution in [0.15, 0.2) is 11.6 Å². The number of ketones is 1. The van der Waals surface area contributed by atoms with Crippen molar-refractivity contribution < 1.29 is 9.59 Å². The molecule has 0 saturated heterocycles. The molecule has 0 amide bonds. The molecule has 2 unspecified atom stereocenters. The van der Waals surface area contributed by atoms with Gasteiger partial charge < -0.3 is 0 Å². The summed E-state index contributed by atoms with van der Waals surface area (Å²) < 4.78 is 0. The van der Waals surface area contributed by atoms with E-state index in [0.717, 1.165) is 31.1 Å². The van der Waals surface area contributed by atoms with Gasteiger partial charge in [-0.3, -0.25) is 9.59 Å². The van der Waals surface area contributed by atoms with Crippen molar-refractivity contribution in [3.63, 3.8) is 0 Å². The van der Waals surface area contributed by atoms with Crippen molar-refractivity contribution in [1.82, 2.24) is 0 Å². The van der Waals surface area contributed by atoms with Gasteiger partial charge in [-0.1, -0.05) is 26.8 Å². The Bertz CT molecular complexity index is 302. The van der Waals surface area contributed by atoms with Crippen LogP contribution in [0, 0.1) is 17.8 Å². The Kier molecular flexibility index (Phi) is 5.60. The minimum atomic E-state index is 0.387. The fourth-order valence-electron chi connectivity index (χ4n) is 2.56. The predicted octanol–water partition coefficient (Wildman–Crippen LogP) is 3.55. The van der Waals surface area contributed by atoms with E-state index in [1.54, 1.807) is 0 Å². The standard InChI is InChI=1S/C15H24O2/c1-11(2)8-15(17)9-12(3)14-6-4-13(10-16)5-7-14/h4,10-12,14H,5-9H2,1-3H3. The molecule has 1 aliphatic carbocycles. The molecule has 2 nitrogen and oxygen atoms in total. The number of carbonyl (C=O) groups excluding carboxylic acids is 2. The van der Waals surface area contributed by atoms with Gasteiger partial charge >= 0.3 is 0 Å². The zero-order valence-electron chi connectivity index (χ0n) is 11.2. The molecule has 0 saturated carbocycles. The monoisotopic (exact) mass is 236 g/mol. The Morgan fingerprint density at radius 1 is 1.41 bits per heavy atom. The Labute approximate surface area is 104 Å². The molecule has 0 heterocycles. The Balaban J connectivity index is 2.39. The number of aldehydes is 1. The zero-order chi connectivity index (χ0) is 12.8. The number of rotatable bonds is 6. The van der Waals surface area contributed by atoms with Crippen molar-refractivity contribution in [2.45, 2.75) is 52.9 Å². The fourth-order valence-corrected chi connectivity index (χ4v) is 2.56. The van der Waals surface area contributed by atoms with E-state index in [1.807, 2.05) is 6.08 Å². The molecule has 0 spiro atoms. The second-order valence-electron chi connectivity index (χ2n) is 5.75. The molecular formula is C15H24O2. The second-order valence-corrected chi connectivity index (χ2v) is 5.75. The first-order valence-corrected chi connectivity index (χ1v) is 6.68. The van der Waals surface area contributed by atoms with Crippen molar-refractivity contribution in [1.29, 1.82) is 0 Å². The molecule has 0 fully saturated rings. The van der Waals surface area contributed by atoms with Crippen LogP contribution in [0.4, 0.5) is 0 Å². The van der Waals surface area contributed by atoms with Crippen LogP contribution >= 0.6 is 0 Å². The number of Topliss-reactive ketones (excluding diaryl/α,β-unsaturated/α-hetero) is 1. The smallest absolute Gasteiger partial charge is 0.145 e. The van der Waals surface area contributed by atoms with Gasteiger partial charge in [0.25, 0.3) is 0 Å². The van der Waals surface area contributed by atoms with Gasteiger partial charge in [0, 0.05) is 12.8 Å². The van der Waals surface area contributed by atoms with E-state index in [1.165, 1.54) is 0 Å². The molecule has 1 aliphatic rings. The van der Waals surface area contributed by atoms with Gasteiger partial charge in [0.1, 0.15) is 12.1 Å². The summed E-state index contributed by atoms with van der Waals surface area (Å²) in [4.78, 5) is 22.4. The summed E-state index contributed by atoms with van der Waals surface area (Å²) in [5.74, 6) is 1.88. The average molecular weight is 236 g/mol. The molecule has 96 valence electrons. The van der Waals surface area contributed by atoms with Gasteiger partial charge in [0.05, 0.1) is 0 Å². The van der Waals surface area contributed by atoms with Crippen LogP contribution < -0.4 is 0 Å². The van der Waals surface area contributed by atoms with Crippen molar-refractivity contribution >= 4 is 12.1 Å². The molecule has 2 atom stereocenters. The van der Waals surface area contributed by atoms with E-state index in [4.69, 9.17) is 0 Å². The van der Waals surface area contributed by atoms with Crippen molar-refractivity contribution in [2.75, 3.05) is 0 Å². The predicted molar refractivity (Wildman–Crippen MR) is 69.7 cm³/mol. The molecule has 1 rings (SSSR count). The van der Waals surface area contributed by atoms with Gasteiger partial charge in [-0.25, -0.2) is 0 Å². The minimum Gasteiger partial charge on any atom is -0.300 e. The second kappa shape index (κ2) is 6.73. The first-order chi connectivity index (χ1) is 8.02. The summed E-state index contributed by atoms with van der Waals surface area (Å²) in [6, 6.07) is 0. The summed E-state index contributed by atoms with van der Waals surface area (Å²) in [6.07, 6.45) is 7.32. The molecule has 0 aliphatic heterocycles. The van der Waals surface area contributed by atoms with Gasteiger partial charge in [-0.05, 0) is 42.6 Å². The molecule has 0 aromatic carbocycles. The van der Waals surface area contributed by atoms with Crippen LogP contribution in [0.5, 0.6) is 0 Å². The highest BCUT2D eigenvalue weighted by Crippen LogP contribution is 2.30. The lowest BCUT2D eigenvalue weighted by Crippen LogP contribution is -2.18. The molecule has 0 bridgehead atoms. The van der Waals surface area contributed by atoms with Gasteiger partial charge in [-0.15, -0.1) is 0 Å². The fraction of sp³-hybridized carbons (Fsp3) is 0.733. The van der Waals surface area contributed by atoms with Crippen molar-refractivity contribution in [2.24, 2.45) is 17.8 Å². The summed E-state index contributed by atoms with van der Waals surface area (Å²) >= 11 is 0. The molecule has 0 radical (unpaired) electrons. The Morgan fingerprint density at radius 2 is 2.12 bits per heavy atom. The van der Waals surface area contributed by atoms with Crippen LogP contribution in [0.3, 0.4) is 0 Å². The zero-order valence-corrected chi connectivity index (χ0v) is 11.2. The SMILES string of the molecule is CC(C)CC(=O)CC(C)C1CC=C(C=O)CC1. The summed E-state index contributed by atoms with van der Waals surface area (Å²) in [7, 11) is 0. The third-order valence-corrected chi connectivity index (χ3v) is 3.63. The molecule has 17 heavy (non-hydrogen) atoms. The van der Waals surface area contributed by atoms with E-state index < -0.39 is 0 Å². The molecular weight excluding hydrogens is 212 g/mol. The minimum absolute atomic E-state index is 0.387. The van der Waals surface area contributed by atoms with E-state index in [-0.39, 0.29) is 0 Å². The topological polar surface area (TPSA) is 34.1 Å². The maximum atomic E-state index is 11.8. The van der Waals surface area contributed by atoms with Crippen LogP contribution in [0.25, 0.3) is 0 Å². The third-order valence-electron chi connectivity index (χ3n) is 3.63. The highest BCUT2D eigenvalue weighted by molar-refractivity contribution is 5.78. The van der Waals surface area contributed by atoms with E-state index >= 15 is 0 Å². The van der Waals surface area contributed by atoms with E-state index in [9.17, 15) is 9.59 Å². The maximum Gasteiger partial charge on any atom is 0.145 e. The average Bonchev–Trinajstić information content (AvgIpc) is 2.28. The highest BCUT2D eigenvalue weighted by atomic mass is 16.1. The Morgan fingerprint density at radius 3 is 2.59 bits per heavy atom. The third kappa shape index (κ3) is 4.84. The largest absolute Gasteiger partial charge is 0.300 e. The van der Waals surface area contributed by atoms with Crippen molar-refractivity contribution in [3.05, 3.63) is 11.6 Å². The number of hydrogen-bond donors (Lipinski definition) is 0. The van der Waals surface area contributed by atoms with Crippen LogP contribution in [-0.4, -0.2) is 12.1 Å². The van der Waals surface area contributed by atoms with Gasteiger partial charge in [-0.2, -0.15) is 0 Å². The molecule has 2 heteroatoms. The summed E-state index contributed by atoms with van der Waals surface area (Å²) in [6.45, 7) is 6.34. The first kappa shape index (κ1) is 14.1. The van der Waals surface area contributed by atoms with Gasteiger partial charge in [0.2, 0.25) is 0 Å². The summed E-state index contributed by atoms with van der Waals surface area (Å²) in [5, 5.41) is 0. The molecule has 0 aromatic rings. The van der Waals surface area contributed by atoms with E-state index in [2.05, 4.69) is 20.8 Å². The lowest BCUT2D eigenvalue weighted by atomic mass is 9.79. The van der Waals surface area contributed by atoms with Crippen molar-refractivity contribution in [3.8, 4) is 0 Å². The molecule has 0 N–H and O–H groups in total. The normalized spacial score (nSPS) is 22.1. The quantitative estimate of drug-likeness (QED) is 0.661. The van der Waals surface area contributed by atoms with Crippen LogP contribution in [0.2, 0.25) is 0 Å². The van der Waals surface area contributed by atoms with Gasteiger partial charge in [0.15, 0.2) is 0 Å². The lowest BCUT2D eigenvalue weighted by molar-refractivity contribution is -0.121. The number of carbonyl (C=O) groups is 2. The first-order valence-electron chi connectivity index (χ1n) is 6.68. The van der Waals surface area contributed by atoms with Crippen LogP contribution in [0.1, 0.15) is 52.9 Å². The number of allylic oxidation sites excluding steroid dienone is 2. The summed E-state index contributed by atoms with van der Waals surface area (Å²) in [5.41, 5.74) is 0.932. The lowest BCUT2D eigenvalue weighted by Gasteiger charge is -2.26. The Hall–Kier alpha value is -0.920. The highest BCUT2D eigenvalue weighted by Gasteiger charge is 2.22. The maximum absolute atomic E-state index is 11.8. The van der Waals surface area contributed by atoms with Crippen LogP contribution in [-0.2, 0) is 9.59 Å². The number of hydrogen-bond acceptors (Lipinski definition) is 2. The van der Waals surface area contributed by atoms with E-state index in [0.29, 0.717) is 36.4 Å².